The molecule has 0 unspecified atom stereocenters. The molecule has 1 atom stereocenters. The Hall–Kier alpha value is -1.17. The number of piperidine rings is 1. The number of rotatable bonds is 5. The zero-order chi connectivity index (χ0) is 19.7. The van der Waals surface area contributed by atoms with Crippen molar-refractivity contribution in [3.8, 4) is 5.75 Å². The minimum atomic E-state index is -1.25. The largest absolute Gasteiger partial charge is 0.490 e. The van der Waals surface area contributed by atoms with Gasteiger partial charge < -0.3 is 19.7 Å². The van der Waals surface area contributed by atoms with Gasteiger partial charge in [0.25, 0.3) is 0 Å². The van der Waals surface area contributed by atoms with Crippen molar-refractivity contribution in [3.05, 3.63) is 29.8 Å². The topological polar surface area (TPSA) is 33.7 Å². The highest BCUT2D eigenvalue weighted by molar-refractivity contribution is 5.36. The van der Waals surface area contributed by atoms with Crippen LogP contribution in [0.5, 0.6) is 5.75 Å². The molecule has 0 amide bonds. The number of likely N-dealkylation sites (tertiary alicyclic amines) is 1. The number of ether oxygens (including phenoxy) is 2. The van der Waals surface area contributed by atoms with Gasteiger partial charge in [-0.25, -0.2) is 4.39 Å². The first-order valence-corrected chi connectivity index (χ1v) is 11.6. The highest BCUT2D eigenvalue weighted by Crippen LogP contribution is 2.44. The summed E-state index contributed by atoms with van der Waals surface area (Å²) >= 11 is 0. The van der Waals surface area contributed by atoms with E-state index >= 15 is 0 Å². The lowest BCUT2D eigenvalue weighted by Crippen LogP contribution is -2.52. The Morgan fingerprint density at radius 2 is 1.83 bits per heavy atom. The molecule has 1 aliphatic carbocycles. The highest BCUT2D eigenvalue weighted by Gasteiger charge is 2.45. The van der Waals surface area contributed by atoms with Crippen LogP contribution >= 0.6 is 0 Å². The molecule has 3 heterocycles. The van der Waals surface area contributed by atoms with Gasteiger partial charge in [-0.1, -0.05) is 18.2 Å². The predicted octanol–water partition coefficient (Wildman–Crippen LogP) is 3.91. The van der Waals surface area contributed by atoms with Crippen LogP contribution in [0.4, 0.5) is 4.39 Å². The normalized spacial score (nSPS) is 29.6. The van der Waals surface area contributed by atoms with Crippen LogP contribution in [-0.4, -0.2) is 62.6 Å². The van der Waals surface area contributed by atoms with Gasteiger partial charge in [0.15, 0.2) is 0 Å². The van der Waals surface area contributed by atoms with Crippen LogP contribution in [0.15, 0.2) is 24.3 Å². The first-order chi connectivity index (χ1) is 14.1. The van der Waals surface area contributed by atoms with E-state index in [-0.39, 0.29) is 6.61 Å². The second-order valence-electron chi connectivity index (χ2n) is 9.90. The zero-order valence-corrected chi connectivity index (χ0v) is 17.5. The summed E-state index contributed by atoms with van der Waals surface area (Å²) in [5.41, 5.74) is 0.645. The van der Waals surface area contributed by atoms with Crippen molar-refractivity contribution < 1.29 is 13.9 Å². The zero-order valence-electron chi connectivity index (χ0n) is 17.5. The van der Waals surface area contributed by atoms with Crippen molar-refractivity contribution in [1.82, 2.24) is 10.2 Å². The molecule has 1 saturated carbocycles. The standard InChI is InChI=1S/C24H35FN2O2/c25-24(9-13-28-14-10-24)18-29-22-4-2-1-3-21(22)19-6-11-27(12-7-19)20-5-8-23(15-20)16-26-17-23/h1-4,19-20,26H,5-18H2/t20-/m1/s1. The third-order valence-electron chi connectivity index (χ3n) is 7.96. The average molecular weight is 403 g/mol. The Morgan fingerprint density at radius 1 is 1.07 bits per heavy atom. The molecule has 29 heavy (non-hydrogen) atoms. The third-order valence-corrected chi connectivity index (χ3v) is 7.96. The SMILES string of the molecule is FC1(COc2ccccc2C2CCN([C@@H]3CCC4(CNC4)C3)CC2)CCOCC1. The summed E-state index contributed by atoms with van der Waals surface area (Å²) in [5, 5.41) is 3.47. The fourth-order valence-corrected chi connectivity index (χ4v) is 5.90. The number of halogens is 1. The minimum Gasteiger partial charge on any atom is -0.490 e. The molecule has 4 nitrogen and oxygen atoms in total. The maximum atomic E-state index is 14.9. The van der Waals surface area contributed by atoms with Gasteiger partial charge in [0.1, 0.15) is 18.0 Å². The van der Waals surface area contributed by atoms with Crippen LogP contribution in [0.2, 0.25) is 0 Å². The summed E-state index contributed by atoms with van der Waals surface area (Å²) in [6, 6.07) is 9.10. The van der Waals surface area contributed by atoms with Crippen molar-refractivity contribution in [2.75, 3.05) is 46.0 Å². The summed E-state index contributed by atoms with van der Waals surface area (Å²) in [6.07, 6.45) is 7.38. The van der Waals surface area contributed by atoms with E-state index in [1.54, 1.807) is 0 Å². The average Bonchev–Trinajstić information content (AvgIpc) is 3.20. The lowest BCUT2D eigenvalue weighted by Gasteiger charge is -2.41. The second-order valence-corrected chi connectivity index (χ2v) is 9.90. The molecule has 4 fully saturated rings. The first kappa shape index (κ1) is 19.8. The van der Waals surface area contributed by atoms with Crippen LogP contribution in [0.25, 0.3) is 0 Å². The predicted molar refractivity (Wildman–Crippen MR) is 112 cm³/mol. The van der Waals surface area contributed by atoms with Gasteiger partial charge in [-0.3, -0.25) is 0 Å². The molecule has 1 aromatic carbocycles. The third kappa shape index (κ3) is 4.19. The van der Waals surface area contributed by atoms with Gasteiger partial charge in [0.05, 0.1) is 0 Å². The van der Waals surface area contributed by atoms with Crippen molar-refractivity contribution >= 4 is 0 Å². The molecule has 3 saturated heterocycles. The van der Waals surface area contributed by atoms with Crippen LogP contribution in [0, 0.1) is 5.41 Å². The number of hydrogen-bond donors (Lipinski definition) is 1. The first-order valence-electron chi connectivity index (χ1n) is 11.6. The van der Waals surface area contributed by atoms with E-state index in [1.165, 1.54) is 63.8 Å². The van der Waals surface area contributed by atoms with Gasteiger partial charge in [-0.15, -0.1) is 0 Å². The molecule has 0 radical (unpaired) electrons. The molecular weight excluding hydrogens is 367 g/mol. The summed E-state index contributed by atoms with van der Waals surface area (Å²) < 4.78 is 26.3. The number of hydrogen-bond acceptors (Lipinski definition) is 4. The van der Waals surface area contributed by atoms with E-state index in [9.17, 15) is 4.39 Å². The van der Waals surface area contributed by atoms with Gasteiger partial charge in [0.2, 0.25) is 0 Å². The molecule has 160 valence electrons. The summed E-state index contributed by atoms with van der Waals surface area (Å²) in [6.45, 7) is 5.95. The van der Waals surface area contributed by atoms with Crippen molar-refractivity contribution in [2.24, 2.45) is 5.41 Å². The minimum absolute atomic E-state index is 0.143. The summed E-state index contributed by atoms with van der Waals surface area (Å²) in [5.74, 6) is 1.41. The number of nitrogens with one attached hydrogen (secondary N) is 1. The lowest BCUT2D eigenvalue weighted by molar-refractivity contribution is -0.0326. The molecular formula is C24H35FN2O2. The maximum Gasteiger partial charge on any atom is 0.149 e. The molecule has 0 bridgehead atoms. The Morgan fingerprint density at radius 3 is 2.52 bits per heavy atom. The molecule has 1 N–H and O–H groups in total. The van der Waals surface area contributed by atoms with Crippen LogP contribution < -0.4 is 10.1 Å². The second kappa shape index (κ2) is 8.16. The molecule has 5 heteroatoms. The van der Waals surface area contributed by atoms with Gasteiger partial charge in [0, 0.05) is 45.2 Å². The van der Waals surface area contributed by atoms with Crippen molar-refractivity contribution in [2.45, 2.75) is 62.6 Å². The Labute approximate surface area is 174 Å². The number of benzene rings is 1. The van der Waals surface area contributed by atoms with E-state index in [4.69, 9.17) is 9.47 Å². The molecule has 1 aromatic rings. The van der Waals surface area contributed by atoms with E-state index in [2.05, 4.69) is 22.3 Å². The summed E-state index contributed by atoms with van der Waals surface area (Å²) in [4.78, 5) is 2.74. The van der Waals surface area contributed by atoms with Crippen molar-refractivity contribution in [1.29, 1.82) is 0 Å². The van der Waals surface area contributed by atoms with E-state index in [0.29, 0.717) is 37.4 Å². The van der Waals surface area contributed by atoms with Gasteiger partial charge in [-0.2, -0.15) is 0 Å². The molecule has 5 rings (SSSR count). The Bertz CT molecular complexity index is 694. The van der Waals surface area contributed by atoms with E-state index in [0.717, 1.165) is 11.8 Å². The van der Waals surface area contributed by atoms with Crippen LogP contribution in [0.3, 0.4) is 0 Å². The van der Waals surface area contributed by atoms with Crippen LogP contribution in [-0.2, 0) is 4.74 Å². The monoisotopic (exact) mass is 402 g/mol. The number of para-hydroxylation sites is 1. The Balaban J connectivity index is 1.18. The fourth-order valence-electron chi connectivity index (χ4n) is 5.90. The number of nitrogens with zero attached hydrogens (tertiary/aromatic N) is 1. The summed E-state index contributed by atoms with van der Waals surface area (Å²) in [7, 11) is 0. The quantitative estimate of drug-likeness (QED) is 0.810. The highest BCUT2D eigenvalue weighted by atomic mass is 19.1. The smallest absolute Gasteiger partial charge is 0.149 e. The maximum absolute atomic E-state index is 14.9. The fraction of sp³-hybridized carbons (Fsp3) is 0.750. The Kier molecular flexibility index (Phi) is 5.57. The van der Waals surface area contributed by atoms with Gasteiger partial charge >= 0.3 is 0 Å². The lowest BCUT2D eigenvalue weighted by atomic mass is 9.80. The van der Waals surface area contributed by atoms with E-state index < -0.39 is 5.67 Å². The number of alkyl halides is 1. The van der Waals surface area contributed by atoms with Gasteiger partial charge in [-0.05, 0) is 68.2 Å². The van der Waals surface area contributed by atoms with Crippen molar-refractivity contribution in [3.63, 3.8) is 0 Å². The van der Waals surface area contributed by atoms with E-state index in [1.807, 2.05) is 12.1 Å². The van der Waals surface area contributed by atoms with Crippen LogP contribution in [0.1, 0.15) is 56.4 Å². The molecule has 1 spiro atoms. The molecule has 3 aliphatic heterocycles. The molecule has 0 aromatic heterocycles. The molecule has 4 aliphatic rings.